The highest BCUT2D eigenvalue weighted by Gasteiger charge is 2.27. The first-order valence-corrected chi connectivity index (χ1v) is 10.6. The smallest absolute Gasteiger partial charge is 0.246 e. The van der Waals surface area contributed by atoms with E-state index in [0.29, 0.717) is 76.9 Å². The van der Waals surface area contributed by atoms with Crippen molar-refractivity contribution in [1.82, 2.24) is 14.9 Å². The number of anilines is 2. The number of rotatable bonds is 4. The van der Waals surface area contributed by atoms with Crippen LogP contribution in [0.1, 0.15) is 5.69 Å². The molecule has 0 atom stereocenters. The van der Waals surface area contributed by atoms with Crippen LogP contribution in [0.4, 0.5) is 15.8 Å². The molecule has 1 aliphatic heterocycles. The van der Waals surface area contributed by atoms with E-state index in [1.807, 2.05) is 6.92 Å². The maximum Gasteiger partial charge on any atom is 0.246 e. The maximum absolute atomic E-state index is 14.6. The minimum Gasteiger partial charge on any atom is -0.454 e. The predicted octanol–water partition coefficient (Wildman–Crippen LogP) is 3.40. The maximum atomic E-state index is 14.6. The molecule has 5 rings (SSSR count). The van der Waals surface area contributed by atoms with Gasteiger partial charge < -0.3 is 19.1 Å². The van der Waals surface area contributed by atoms with Crippen LogP contribution >= 0.6 is 0 Å². The SMILES string of the molecule is C=CC(=O)N1CCN(c2c(N(C)C=O)cnc3c2nc(C)c2c3oc3cccc(F)c32)CC1. The molecule has 0 bridgehead atoms. The fourth-order valence-corrected chi connectivity index (χ4v) is 4.50. The van der Waals surface area contributed by atoms with Gasteiger partial charge in [-0.15, -0.1) is 0 Å². The summed E-state index contributed by atoms with van der Waals surface area (Å²) in [5, 5.41) is 0.973. The van der Waals surface area contributed by atoms with Crippen LogP contribution in [0.3, 0.4) is 0 Å². The summed E-state index contributed by atoms with van der Waals surface area (Å²) in [6, 6.07) is 4.71. The Balaban J connectivity index is 1.75. The molecular weight excluding hydrogens is 425 g/mol. The highest BCUT2D eigenvalue weighted by atomic mass is 19.1. The molecule has 0 unspecified atom stereocenters. The normalized spacial score (nSPS) is 14.3. The molecule has 4 heterocycles. The van der Waals surface area contributed by atoms with Gasteiger partial charge in [0.25, 0.3) is 0 Å². The lowest BCUT2D eigenvalue weighted by Gasteiger charge is -2.37. The van der Waals surface area contributed by atoms with Gasteiger partial charge in [-0.3, -0.25) is 9.59 Å². The lowest BCUT2D eigenvalue weighted by atomic mass is 10.1. The van der Waals surface area contributed by atoms with Crippen LogP contribution in [-0.2, 0) is 9.59 Å². The number of fused-ring (bicyclic) bond motifs is 5. The number of amides is 2. The molecule has 0 spiro atoms. The van der Waals surface area contributed by atoms with E-state index in [9.17, 15) is 14.0 Å². The molecule has 0 N–H and O–H groups in total. The molecule has 33 heavy (non-hydrogen) atoms. The minimum absolute atomic E-state index is 0.112. The van der Waals surface area contributed by atoms with Gasteiger partial charge in [0.05, 0.1) is 34.0 Å². The predicted molar refractivity (Wildman–Crippen MR) is 125 cm³/mol. The Morgan fingerprint density at radius 3 is 2.67 bits per heavy atom. The van der Waals surface area contributed by atoms with Crippen LogP contribution in [0.5, 0.6) is 0 Å². The van der Waals surface area contributed by atoms with E-state index in [0.717, 1.165) is 5.69 Å². The van der Waals surface area contributed by atoms with Crippen molar-refractivity contribution in [1.29, 1.82) is 0 Å². The van der Waals surface area contributed by atoms with Gasteiger partial charge in [-0.25, -0.2) is 14.4 Å². The number of nitrogens with zero attached hydrogens (tertiary/aromatic N) is 5. The Kier molecular flexibility index (Phi) is 4.96. The Labute approximate surface area is 188 Å². The zero-order chi connectivity index (χ0) is 23.3. The molecule has 0 aliphatic carbocycles. The number of hydrogen-bond acceptors (Lipinski definition) is 6. The molecule has 1 fully saturated rings. The van der Waals surface area contributed by atoms with Gasteiger partial charge in [-0.05, 0) is 25.1 Å². The molecule has 0 saturated carbocycles. The fourth-order valence-electron chi connectivity index (χ4n) is 4.50. The fraction of sp³-hybridized carbons (Fsp3) is 0.250. The van der Waals surface area contributed by atoms with Gasteiger partial charge in [-0.2, -0.15) is 0 Å². The first kappa shape index (κ1) is 20.9. The van der Waals surface area contributed by atoms with Crippen LogP contribution in [0.15, 0.2) is 41.5 Å². The molecule has 1 saturated heterocycles. The van der Waals surface area contributed by atoms with Crippen molar-refractivity contribution in [2.24, 2.45) is 0 Å². The number of carbonyl (C=O) groups excluding carboxylic acids is 2. The number of halogens is 1. The van der Waals surface area contributed by atoms with E-state index in [1.54, 1.807) is 30.3 Å². The van der Waals surface area contributed by atoms with Crippen molar-refractivity contribution >= 4 is 56.7 Å². The number of aryl methyl sites for hydroxylation is 1. The second-order valence-electron chi connectivity index (χ2n) is 8.04. The van der Waals surface area contributed by atoms with E-state index in [-0.39, 0.29) is 11.7 Å². The van der Waals surface area contributed by atoms with Crippen molar-refractivity contribution in [3.8, 4) is 0 Å². The number of hydrogen-bond donors (Lipinski definition) is 0. The average Bonchev–Trinajstić information content (AvgIpc) is 3.24. The van der Waals surface area contributed by atoms with Crippen LogP contribution in [0.25, 0.3) is 33.0 Å². The largest absolute Gasteiger partial charge is 0.454 e. The van der Waals surface area contributed by atoms with Gasteiger partial charge in [0.1, 0.15) is 22.4 Å². The van der Waals surface area contributed by atoms with Crippen molar-refractivity contribution in [3.05, 3.63) is 48.6 Å². The molecule has 8 nitrogen and oxygen atoms in total. The number of aromatic nitrogens is 2. The summed E-state index contributed by atoms with van der Waals surface area (Å²) < 4.78 is 20.7. The molecule has 1 aliphatic rings. The summed E-state index contributed by atoms with van der Waals surface area (Å²) in [6.45, 7) is 7.48. The van der Waals surface area contributed by atoms with Crippen LogP contribution in [0.2, 0.25) is 0 Å². The van der Waals surface area contributed by atoms with Gasteiger partial charge in [0.15, 0.2) is 5.58 Å². The number of pyridine rings is 2. The second-order valence-corrected chi connectivity index (χ2v) is 8.04. The molecule has 4 aromatic rings. The van der Waals surface area contributed by atoms with E-state index < -0.39 is 0 Å². The summed E-state index contributed by atoms with van der Waals surface area (Å²) >= 11 is 0. The quantitative estimate of drug-likeness (QED) is 0.352. The van der Waals surface area contributed by atoms with Gasteiger partial charge in [0.2, 0.25) is 12.3 Å². The number of carbonyl (C=O) groups is 2. The molecule has 3 aromatic heterocycles. The first-order valence-electron chi connectivity index (χ1n) is 10.6. The van der Waals surface area contributed by atoms with E-state index in [1.165, 1.54) is 17.0 Å². The summed E-state index contributed by atoms with van der Waals surface area (Å²) in [5.41, 5.74) is 3.87. The topological polar surface area (TPSA) is 82.8 Å². The lowest BCUT2D eigenvalue weighted by Crippen LogP contribution is -2.48. The Morgan fingerprint density at radius 2 is 1.97 bits per heavy atom. The number of piperazine rings is 1. The standard InChI is InChI=1S/C24H22FN5O3/c1-4-18(32)29-8-10-30(11-9-29)23-16(28(3)13-31)12-26-22-21(23)27-14(2)19-20-15(25)6-5-7-17(20)33-24(19)22/h4-7,12-13H,1,8-11H2,2-3H3. The highest BCUT2D eigenvalue weighted by Crippen LogP contribution is 2.41. The third-order valence-corrected chi connectivity index (χ3v) is 6.15. The second kappa shape index (κ2) is 7.84. The third kappa shape index (κ3) is 3.19. The highest BCUT2D eigenvalue weighted by molar-refractivity contribution is 6.16. The minimum atomic E-state index is -0.379. The Hall–Kier alpha value is -4.01. The zero-order valence-electron chi connectivity index (χ0n) is 18.3. The van der Waals surface area contributed by atoms with Crippen LogP contribution < -0.4 is 9.80 Å². The number of furan rings is 1. The lowest BCUT2D eigenvalue weighted by molar-refractivity contribution is -0.126. The van der Waals surface area contributed by atoms with Crippen molar-refractivity contribution in [2.75, 3.05) is 43.0 Å². The molecular formula is C24H22FN5O3. The van der Waals surface area contributed by atoms with Gasteiger partial charge in [-0.1, -0.05) is 12.6 Å². The van der Waals surface area contributed by atoms with E-state index in [2.05, 4.69) is 16.5 Å². The van der Waals surface area contributed by atoms with Crippen molar-refractivity contribution in [2.45, 2.75) is 6.92 Å². The monoisotopic (exact) mass is 447 g/mol. The van der Waals surface area contributed by atoms with E-state index >= 15 is 0 Å². The average molecular weight is 447 g/mol. The van der Waals surface area contributed by atoms with Crippen LogP contribution in [-0.4, -0.2) is 60.4 Å². The summed E-state index contributed by atoms with van der Waals surface area (Å²) in [4.78, 5) is 38.3. The first-order chi connectivity index (χ1) is 15.9. The van der Waals surface area contributed by atoms with Gasteiger partial charge in [0, 0.05) is 33.2 Å². The van der Waals surface area contributed by atoms with Gasteiger partial charge >= 0.3 is 0 Å². The van der Waals surface area contributed by atoms with Crippen molar-refractivity contribution in [3.63, 3.8) is 0 Å². The molecule has 168 valence electrons. The Bertz CT molecular complexity index is 1440. The van der Waals surface area contributed by atoms with Crippen LogP contribution in [0, 0.1) is 12.7 Å². The summed E-state index contributed by atoms with van der Waals surface area (Å²) in [6.07, 6.45) is 3.63. The zero-order valence-corrected chi connectivity index (χ0v) is 18.3. The molecule has 2 amide bonds. The van der Waals surface area contributed by atoms with E-state index in [4.69, 9.17) is 9.40 Å². The van der Waals surface area contributed by atoms with Crippen molar-refractivity contribution < 1.29 is 18.4 Å². The Morgan fingerprint density at radius 1 is 1.21 bits per heavy atom. The number of benzene rings is 1. The molecule has 1 aromatic carbocycles. The summed E-state index contributed by atoms with van der Waals surface area (Å²) in [5.74, 6) is -0.490. The third-order valence-electron chi connectivity index (χ3n) is 6.15. The molecule has 0 radical (unpaired) electrons. The summed E-state index contributed by atoms with van der Waals surface area (Å²) in [7, 11) is 1.65. The molecule has 9 heteroatoms.